The Labute approximate surface area is 360 Å². The Morgan fingerprint density at radius 1 is 0.258 bits per heavy atom. The fourth-order valence-corrected chi connectivity index (χ4v) is 9.34. The number of hydrogen-bond donors (Lipinski definition) is 0. The Bertz CT molecular complexity index is 3620. The molecular formula is C60H39NO. The summed E-state index contributed by atoms with van der Waals surface area (Å²) in [5, 5.41) is 9.83. The average Bonchev–Trinajstić information content (AvgIpc) is 3.74. The molecule has 0 amide bonds. The molecule has 0 saturated heterocycles. The van der Waals surface area contributed by atoms with Crippen LogP contribution < -0.4 is 4.90 Å². The third-order valence-electron chi connectivity index (χ3n) is 12.5. The molecule has 0 aliphatic rings. The number of fused-ring (bicyclic) bond motifs is 7. The van der Waals surface area contributed by atoms with E-state index in [2.05, 4.69) is 229 Å². The number of rotatable bonds is 7. The topological polar surface area (TPSA) is 16.4 Å². The van der Waals surface area contributed by atoms with Gasteiger partial charge in [0.1, 0.15) is 11.2 Å². The molecule has 1 aromatic heterocycles. The zero-order valence-corrected chi connectivity index (χ0v) is 33.9. The van der Waals surface area contributed by atoms with Crippen LogP contribution in [0.25, 0.3) is 98.8 Å². The Hall–Kier alpha value is -8.20. The normalized spacial score (nSPS) is 11.5. The quantitative estimate of drug-likeness (QED) is 0.150. The Morgan fingerprint density at radius 2 is 0.758 bits per heavy atom. The van der Waals surface area contributed by atoms with Crippen molar-refractivity contribution in [1.82, 2.24) is 0 Å². The number of furan rings is 1. The Balaban J connectivity index is 0.925. The monoisotopic (exact) mass is 789 g/mol. The minimum absolute atomic E-state index is 0.905. The van der Waals surface area contributed by atoms with E-state index in [0.29, 0.717) is 0 Å². The first-order valence-electron chi connectivity index (χ1n) is 21.2. The molecule has 0 atom stereocenters. The van der Waals surface area contributed by atoms with Crippen LogP contribution in [-0.2, 0) is 0 Å². The van der Waals surface area contributed by atoms with Crippen LogP contribution in [0.15, 0.2) is 241 Å². The summed E-state index contributed by atoms with van der Waals surface area (Å²) in [6.07, 6.45) is 0. The molecule has 0 unspecified atom stereocenters. The van der Waals surface area contributed by atoms with Gasteiger partial charge in [-0.3, -0.25) is 0 Å². The second-order valence-electron chi connectivity index (χ2n) is 16.1. The van der Waals surface area contributed by atoms with Crippen LogP contribution in [-0.4, -0.2) is 0 Å². The highest BCUT2D eigenvalue weighted by Gasteiger charge is 2.17. The highest BCUT2D eigenvalue weighted by molar-refractivity contribution is 6.12. The van der Waals surface area contributed by atoms with E-state index in [1.807, 2.05) is 12.1 Å². The van der Waals surface area contributed by atoms with E-state index in [9.17, 15) is 0 Å². The molecule has 0 bridgehead atoms. The first-order valence-corrected chi connectivity index (χ1v) is 21.2. The number of nitrogens with zero attached hydrogens (tertiary/aromatic N) is 1. The number of para-hydroxylation sites is 2. The SMILES string of the molecule is c1cc(-c2ccc(N(c3ccc(-c4cccc5c4ccc4ccccc45)cc3)c3ccc(-c4cccc5c4oc4ccccc45)cc3)cc2)cc(-c2ccc3ccccc3c2)c1. The van der Waals surface area contributed by atoms with Crippen molar-refractivity contribution in [2.75, 3.05) is 4.90 Å². The van der Waals surface area contributed by atoms with Gasteiger partial charge in [-0.2, -0.15) is 0 Å². The van der Waals surface area contributed by atoms with E-state index in [1.54, 1.807) is 0 Å². The summed E-state index contributed by atoms with van der Waals surface area (Å²) >= 11 is 0. The molecule has 0 aliphatic heterocycles. The van der Waals surface area contributed by atoms with Crippen molar-refractivity contribution >= 4 is 71.3 Å². The van der Waals surface area contributed by atoms with Crippen LogP contribution in [0, 0.1) is 0 Å². The van der Waals surface area contributed by atoms with E-state index in [4.69, 9.17) is 4.42 Å². The third-order valence-corrected chi connectivity index (χ3v) is 12.5. The number of anilines is 3. The molecule has 2 heteroatoms. The van der Waals surface area contributed by atoms with Gasteiger partial charge < -0.3 is 9.32 Å². The predicted molar refractivity (Wildman–Crippen MR) is 263 cm³/mol. The highest BCUT2D eigenvalue weighted by Crippen LogP contribution is 2.41. The van der Waals surface area contributed by atoms with Crippen LogP contribution in [0.1, 0.15) is 0 Å². The Kier molecular flexibility index (Phi) is 8.53. The molecule has 0 radical (unpaired) electrons. The van der Waals surface area contributed by atoms with Gasteiger partial charge in [0.25, 0.3) is 0 Å². The summed E-state index contributed by atoms with van der Waals surface area (Å²) in [7, 11) is 0. The molecule has 2 nitrogen and oxygen atoms in total. The maximum absolute atomic E-state index is 6.44. The molecular weight excluding hydrogens is 751 g/mol. The molecule has 11 aromatic carbocycles. The summed E-state index contributed by atoms with van der Waals surface area (Å²) in [5.41, 5.74) is 14.4. The van der Waals surface area contributed by atoms with Crippen LogP contribution in [0.4, 0.5) is 17.1 Å². The molecule has 0 N–H and O–H groups in total. The second kappa shape index (κ2) is 14.8. The lowest BCUT2D eigenvalue weighted by molar-refractivity contribution is 0.670. The maximum Gasteiger partial charge on any atom is 0.143 e. The van der Waals surface area contributed by atoms with Gasteiger partial charge in [-0.25, -0.2) is 0 Å². The van der Waals surface area contributed by atoms with Crippen LogP contribution in [0.2, 0.25) is 0 Å². The zero-order chi connectivity index (χ0) is 41.0. The van der Waals surface area contributed by atoms with Crippen LogP contribution in [0.3, 0.4) is 0 Å². The van der Waals surface area contributed by atoms with Crippen molar-refractivity contribution in [2.45, 2.75) is 0 Å². The van der Waals surface area contributed by atoms with Crippen molar-refractivity contribution in [3.05, 3.63) is 237 Å². The van der Waals surface area contributed by atoms with Crippen molar-refractivity contribution in [3.8, 4) is 44.5 Å². The van der Waals surface area contributed by atoms with Gasteiger partial charge >= 0.3 is 0 Å². The van der Waals surface area contributed by atoms with E-state index >= 15 is 0 Å². The lowest BCUT2D eigenvalue weighted by Crippen LogP contribution is -2.09. The summed E-state index contributed by atoms with van der Waals surface area (Å²) in [6.45, 7) is 0. The van der Waals surface area contributed by atoms with Gasteiger partial charge in [-0.15, -0.1) is 0 Å². The molecule has 62 heavy (non-hydrogen) atoms. The first-order chi connectivity index (χ1) is 30.7. The van der Waals surface area contributed by atoms with Gasteiger partial charge in [0.2, 0.25) is 0 Å². The fourth-order valence-electron chi connectivity index (χ4n) is 9.34. The van der Waals surface area contributed by atoms with E-state index < -0.39 is 0 Å². The maximum atomic E-state index is 6.44. The Morgan fingerprint density at radius 3 is 1.50 bits per heavy atom. The highest BCUT2D eigenvalue weighted by atomic mass is 16.3. The largest absolute Gasteiger partial charge is 0.455 e. The lowest BCUT2D eigenvalue weighted by atomic mass is 9.94. The van der Waals surface area contributed by atoms with Gasteiger partial charge in [-0.1, -0.05) is 182 Å². The smallest absolute Gasteiger partial charge is 0.143 e. The first kappa shape index (κ1) is 35.7. The van der Waals surface area contributed by atoms with Crippen molar-refractivity contribution < 1.29 is 4.42 Å². The number of benzene rings is 11. The van der Waals surface area contributed by atoms with Crippen molar-refractivity contribution in [2.24, 2.45) is 0 Å². The minimum Gasteiger partial charge on any atom is -0.455 e. The van der Waals surface area contributed by atoms with Crippen molar-refractivity contribution in [3.63, 3.8) is 0 Å². The molecule has 0 aliphatic carbocycles. The van der Waals surface area contributed by atoms with Crippen molar-refractivity contribution in [1.29, 1.82) is 0 Å². The molecule has 0 saturated carbocycles. The minimum atomic E-state index is 0.905. The third kappa shape index (κ3) is 6.20. The number of hydrogen-bond acceptors (Lipinski definition) is 2. The molecule has 0 spiro atoms. The fraction of sp³-hybridized carbons (Fsp3) is 0. The average molecular weight is 790 g/mol. The summed E-state index contributed by atoms with van der Waals surface area (Å²) in [6, 6.07) is 85.5. The molecule has 0 fully saturated rings. The standard InChI is InChI=1S/C60H39NO/c1-2-12-45-39-48(23-22-40(45)10-1)47-14-7-13-46(38-47)41-24-31-49(32-25-41)61(51-35-28-44(29-36-51)54-18-9-20-58-57-16-5-6-21-59(57)62-60(54)58)50-33-26-43(27-34-50)53-17-8-19-55-52-15-4-3-11-42(52)30-37-56(53)55/h1-39H. The van der Waals surface area contributed by atoms with Crippen LogP contribution >= 0.6 is 0 Å². The van der Waals surface area contributed by atoms with E-state index in [0.717, 1.165) is 50.1 Å². The van der Waals surface area contributed by atoms with Gasteiger partial charge in [0.05, 0.1) is 0 Å². The molecule has 1 heterocycles. The summed E-state index contributed by atoms with van der Waals surface area (Å²) in [5.74, 6) is 0. The van der Waals surface area contributed by atoms with E-state index in [-0.39, 0.29) is 0 Å². The predicted octanol–water partition coefficient (Wildman–Crippen LogP) is 17.2. The summed E-state index contributed by atoms with van der Waals surface area (Å²) in [4.78, 5) is 2.35. The van der Waals surface area contributed by atoms with E-state index in [1.165, 1.54) is 65.7 Å². The van der Waals surface area contributed by atoms with Gasteiger partial charge in [0.15, 0.2) is 0 Å². The van der Waals surface area contributed by atoms with Gasteiger partial charge in [0, 0.05) is 33.4 Å². The van der Waals surface area contributed by atoms with Gasteiger partial charge in [-0.05, 0) is 126 Å². The second-order valence-corrected chi connectivity index (χ2v) is 16.1. The molecule has 12 rings (SSSR count). The summed E-state index contributed by atoms with van der Waals surface area (Å²) < 4.78 is 6.44. The van der Waals surface area contributed by atoms with Crippen LogP contribution in [0.5, 0.6) is 0 Å². The lowest BCUT2D eigenvalue weighted by Gasteiger charge is -2.26. The zero-order valence-electron chi connectivity index (χ0n) is 33.9. The molecule has 290 valence electrons. The molecule has 12 aromatic rings.